The van der Waals surface area contributed by atoms with E-state index in [4.69, 9.17) is 13.9 Å². The highest BCUT2D eigenvalue weighted by Gasteiger charge is 2.45. The summed E-state index contributed by atoms with van der Waals surface area (Å²) in [6.45, 7) is 4.82. The quantitative estimate of drug-likeness (QED) is 0.758. The highest BCUT2D eigenvalue weighted by molar-refractivity contribution is 5.89. The molecule has 9 heteroatoms. The number of hydrogen-bond acceptors (Lipinski definition) is 7. The lowest BCUT2D eigenvalue weighted by molar-refractivity contribution is -0.141. The summed E-state index contributed by atoms with van der Waals surface area (Å²) in [5.74, 6) is 1.41. The van der Waals surface area contributed by atoms with Crippen LogP contribution in [0.2, 0.25) is 0 Å². The van der Waals surface area contributed by atoms with Crippen molar-refractivity contribution < 1.29 is 28.3 Å². The molecule has 0 aromatic carbocycles. The van der Waals surface area contributed by atoms with E-state index in [1.165, 1.54) is 0 Å². The molecule has 3 aliphatic rings. The Bertz CT molecular complexity index is 767. The van der Waals surface area contributed by atoms with Crippen LogP contribution in [0.5, 0.6) is 0 Å². The van der Waals surface area contributed by atoms with Crippen LogP contribution in [0.1, 0.15) is 30.8 Å². The molecule has 1 N–H and O–H groups in total. The molecule has 1 spiro atoms. The van der Waals surface area contributed by atoms with Crippen molar-refractivity contribution in [3.05, 3.63) is 23.7 Å². The number of nitrogens with one attached hydrogen (secondary N) is 1. The Morgan fingerprint density at radius 3 is 2.68 bits per heavy atom. The van der Waals surface area contributed by atoms with Gasteiger partial charge in [-0.25, -0.2) is 4.79 Å². The molecule has 4 heterocycles. The van der Waals surface area contributed by atoms with Crippen molar-refractivity contribution in [1.82, 2.24) is 15.1 Å². The number of nitrogens with zero attached hydrogens (tertiary/aromatic N) is 2. The molecule has 28 heavy (non-hydrogen) atoms. The van der Waals surface area contributed by atoms with Gasteiger partial charge in [0.25, 0.3) is 0 Å². The molecular formula is C19H25N3O6. The molecule has 0 saturated carbocycles. The Labute approximate surface area is 162 Å². The number of piperazine rings is 1. The van der Waals surface area contributed by atoms with Gasteiger partial charge in [-0.2, -0.15) is 0 Å². The molecule has 0 aliphatic carbocycles. The van der Waals surface area contributed by atoms with E-state index in [1.54, 1.807) is 4.90 Å². The van der Waals surface area contributed by atoms with Crippen LogP contribution in [0.4, 0.5) is 4.79 Å². The average molecular weight is 391 g/mol. The van der Waals surface area contributed by atoms with Crippen LogP contribution in [-0.4, -0.2) is 72.2 Å². The van der Waals surface area contributed by atoms with Gasteiger partial charge in [0, 0.05) is 39.0 Å². The van der Waals surface area contributed by atoms with Crippen molar-refractivity contribution in [1.29, 1.82) is 0 Å². The monoisotopic (exact) mass is 391 g/mol. The zero-order valence-corrected chi connectivity index (χ0v) is 15.9. The smallest absolute Gasteiger partial charge is 0.465 e. The highest BCUT2D eigenvalue weighted by Crippen LogP contribution is 2.32. The first-order chi connectivity index (χ1) is 13.4. The Hall–Kier alpha value is -2.55. The number of hydrogen-bond donors (Lipinski definition) is 1. The van der Waals surface area contributed by atoms with Gasteiger partial charge >= 0.3 is 6.16 Å². The number of carbonyl (C=O) groups excluding carboxylic acids is 3. The third-order valence-corrected chi connectivity index (χ3v) is 5.74. The molecule has 3 saturated heterocycles. The van der Waals surface area contributed by atoms with Crippen LogP contribution in [0.15, 0.2) is 16.5 Å². The first-order valence-electron chi connectivity index (χ1n) is 9.65. The number of amides is 2. The van der Waals surface area contributed by atoms with Crippen molar-refractivity contribution in [2.45, 2.75) is 44.4 Å². The van der Waals surface area contributed by atoms with Crippen molar-refractivity contribution in [3.63, 3.8) is 0 Å². The fourth-order valence-electron chi connectivity index (χ4n) is 4.07. The van der Waals surface area contributed by atoms with E-state index >= 15 is 0 Å². The second kappa shape index (κ2) is 7.46. The van der Waals surface area contributed by atoms with Gasteiger partial charge in [-0.05, 0) is 19.1 Å². The second-order valence-corrected chi connectivity index (χ2v) is 7.70. The van der Waals surface area contributed by atoms with Crippen molar-refractivity contribution >= 4 is 18.0 Å². The number of ether oxygens (including phenoxy) is 2. The fourth-order valence-corrected chi connectivity index (χ4v) is 4.07. The van der Waals surface area contributed by atoms with E-state index in [9.17, 15) is 14.4 Å². The minimum atomic E-state index is -0.637. The molecule has 4 rings (SSSR count). The lowest BCUT2D eigenvalue weighted by atomic mass is 9.92. The summed E-state index contributed by atoms with van der Waals surface area (Å²) in [5, 5.41) is 2.85. The third kappa shape index (κ3) is 3.84. The van der Waals surface area contributed by atoms with Crippen LogP contribution in [-0.2, 0) is 25.6 Å². The van der Waals surface area contributed by atoms with E-state index in [-0.39, 0.29) is 24.8 Å². The Morgan fingerprint density at radius 2 is 2.04 bits per heavy atom. The van der Waals surface area contributed by atoms with Gasteiger partial charge in [-0.15, -0.1) is 0 Å². The molecular weight excluding hydrogens is 366 g/mol. The molecule has 0 bridgehead atoms. The Balaban J connectivity index is 1.36. The number of aryl methyl sites for hydroxylation is 1. The van der Waals surface area contributed by atoms with Gasteiger partial charge in [0.1, 0.15) is 18.1 Å². The van der Waals surface area contributed by atoms with Gasteiger partial charge < -0.3 is 24.1 Å². The maximum atomic E-state index is 12.8. The van der Waals surface area contributed by atoms with Crippen LogP contribution in [0.25, 0.3) is 0 Å². The summed E-state index contributed by atoms with van der Waals surface area (Å²) < 4.78 is 15.8. The Morgan fingerprint density at radius 1 is 1.25 bits per heavy atom. The minimum Gasteiger partial charge on any atom is -0.465 e. The normalized spacial score (nSPS) is 24.8. The van der Waals surface area contributed by atoms with E-state index in [0.29, 0.717) is 45.6 Å². The standard InChI is InChI=1S/C19H25N3O6/c1-13-2-3-14(27-13)11-22-9-6-20-17(24)15(22)10-16(23)21-7-4-19(5-8-21)12-26-18(25)28-19/h2-3,15H,4-12H2,1H3,(H,20,24)/t15-/m1/s1. The SMILES string of the molecule is Cc1ccc(CN2CCNC(=O)[C@H]2CC(=O)N2CCC3(CC2)COC(=O)O3)o1. The fraction of sp³-hybridized carbons (Fsp3) is 0.632. The van der Waals surface area contributed by atoms with Crippen molar-refractivity contribution in [2.75, 3.05) is 32.8 Å². The van der Waals surface area contributed by atoms with Gasteiger partial charge in [0.15, 0.2) is 5.60 Å². The Kier molecular flexibility index (Phi) is 5.01. The molecule has 1 aromatic heterocycles. The summed E-state index contributed by atoms with van der Waals surface area (Å²) in [6.07, 6.45) is 0.588. The van der Waals surface area contributed by atoms with E-state index in [0.717, 1.165) is 11.5 Å². The summed E-state index contributed by atoms with van der Waals surface area (Å²) in [6, 6.07) is 3.27. The maximum absolute atomic E-state index is 12.8. The summed E-state index contributed by atoms with van der Waals surface area (Å²) in [7, 11) is 0. The zero-order chi connectivity index (χ0) is 19.7. The van der Waals surface area contributed by atoms with Crippen LogP contribution in [0.3, 0.4) is 0 Å². The van der Waals surface area contributed by atoms with E-state index in [1.807, 2.05) is 24.0 Å². The summed E-state index contributed by atoms with van der Waals surface area (Å²) in [4.78, 5) is 40.2. The molecule has 3 aliphatic heterocycles. The predicted molar refractivity (Wildman–Crippen MR) is 96.2 cm³/mol. The molecule has 0 radical (unpaired) electrons. The van der Waals surface area contributed by atoms with Crippen LogP contribution < -0.4 is 5.32 Å². The number of carbonyl (C=O) groups is 3. The molecule has 2 amide bonds. The van der Waals surface area contributed by atoms with Crippen LogP contribution in [0, 0.1) is 6.92 Å². The summed E-state index contributed by atoms with van der Waals surface area (Å²) in [5.41, 5.74) is -0.598. The molecule has 0 unspecified atom stereocenters. The first-order valence-corrected chi connectivity index (χ1v) is 9.65. The van der Waals surface area contributed by atoms with Gasteiger partial charge in [-0.3, -0.25) is 14.5 Å². The van der Waals surface area contributed by atoms with Crippen LogP contribution >= 0.6 is 0 Å². The van der Waals surface area contributed by atoms with Gasteiger partial charge in [0.2, 0.25) is 11.8 Å². The van der Waals surface area contributed by atoms with E-state index in [2.05, 4.69) is 5.32 Å². The van der Waals surface area contributed by atoms with Gasteiger partial charge in [-0.1, -0.05) is 0 Å². The number of likely N-dealkylation sites (tertiary alicyclic amines) is 1. The number of cyclic esters (lactones) is 1. The number of rotatable bonds is 4. The predicted octanol–water partition coefficient (Wildman–Crippen LogP) is 0.807. The third-order valence-electron chi connectivity index (χ3n) is 5.74. The molecule has 9 nitrogen and oxygen atoms in total. The highest BCUT2D eigenvalue weighted by atomic mass is 16.8. The average Bonchev–Trinajstić information content (AvgIpc) is 3.24. The topological polar surface area (TPSA) is 101 Å². The maximum Gasteiger partial charge on any atom is 0.509 e. The number of furan rings is 1. The van der Waals surface area contributed by atoms with Gasteiger partial charge in [0.05, 0.1) is 19.0 Å². The first kappa shape index (κ1) is 18.8. The minimum absolute atomic E-state index is 0.0669. The molecule has 3 fully saturated rings. The van der Waals surface area contributed by atoms with E-state index < -0.39 is 17.8 Å². The van der Waals surface area contributed by atoms with Crippen molar-refractivity contribution in [2.24, 2.45) is 0 Å². The lowest BCUT2D eigenvalue weighted by Gasteiger charge is -2.38. The molecule has 1 atom stereocenters. The second-order valence-electron chi connectivity index (χ2n) is 7.70. The molecule has 1 aromatic rings. The zero-order valence-electron chi connectivity index (χ0n) is 15.9. The number of piperidine rings is 1. The van der Waals surface area contributed by atoms with Crippen molar-refractivity contribution in [3.8, 4) is 0 Å². The largest absolute Gasteiger partial charge is 0.509 e. The lowest BCUT2D eigenvalue weighted by Crippen LogP contribution is -2.57. The summed E-state index contributed by atoms with van der Waals surface area (Å²) >= 11 is 0. The molecule has 152 valence electrons.